The Morgan fingerprint density at radius 2 is 1.87 bits per heavy atom. The summed E-state index contributed by atoms with van der Waals surface area (Å²) in [6, 6.07) is 6.20. The van der Waals surface area contributed by atoms with E-state index in [1.54, 1.807) is 12.1 Å². The molecule has 1 N–H and O–H groups in total. The molecule has 1 heterocycles. The van der Waals surface area contributed by atoms with Gasteiger partial charge < -0.3 is 10.1 Å². The SMILES string of the molecule is CC(C)[C@H](C)NC(=O)c1cccc(S(=O)(=O)N2CCOCC2)c1. The van der Waals surface area contributed by atoms with Gasteiger partial charge >= 0.3 is 0 Å². The normalized spacial score (nSPS) is 17.9. The maximum atomic E-state index is 12.6. The minimum absolute atomic E-state index is 0.0157. The molecule has 1 aromatic carbocycles. The molecule has 0 unspecified atom stereocenters. The smallest absolute Gasteiger partial charge is 0.251 e. The molecule has 1 amide bonds. The lowest BCUT2D eigenvalue weighted by molar-refractivity contribution is 0.0730. The average molecular weight is 340 g/mol. The quantitative estimate of drug-likeness (QED) is 0.881. The van der Waals surface area contributed by atoms with Crippen LogP contribution < -0.4 is 5.32 Å². The molecule has 6 nitrogen and oxygen atoms in total. The largest absolute Gasteiger partial charge is 0.379 e. The van der Waals surface area contributed by atoms with Crippen LogP contribution in [0, 0.1) is 5.92 Å². The molecule has 0 aliphatic carbocycles. The first-order valence-corrected chi connectivity index (χ1v) is 9.25. The number of sulfonamides is 1. The van der Waals surface area contributed by atoms with E-state index in [-0.39, 0.29) is 16.8 Å². The van der Waals surface area contributed by atoms with Crippen molar-refractivity contribution in [1.82, 2.24) is 9.62 Å². The van der Waals surface area contributed by atoms with Gasteiger partial charge in [0.1, 0.15) is 0 Å². The van der Waals surface area contributed by atoms with E-state index < -0.39 is 10.0 Å². The van der Waals surface area contributed by atoms with Crippen LogP contribution in [0.3, 0.4) is 0 Å². The molecule has 0 saturated carbocycles. The van der Waals surface area contributed by atoms with Crippen LogP contribution in [0.2, 0.25) is 0 Å². The van der Waals surface area contributed by atoms with Crippen molar-refractivity contribution in [2.75, 3.05) is 26.3 Å². The fourth-order valence-electron chi connectivity index (χ4n) is 2.19. The molecule has 2 rings (SSSR count). The predicted octanol–water partition coefficient (Wildman–Crippen LogP) is 1.48. The molecule has 23 heavy (non-hydrogen) atoms. The molecule has 0 bridgehead atoms. The van der Waals surface area contributed by atoms with Crippen LogP contribution in [0.1, 0.15) is 31.1 Å². The van der Waals surface area contributed by atoms with Crippen molar-refractivity contribution >= 4 is 15.9 Å². The van der Waals surface area contributed by atoms with Crippen molar-refractivity contribution in [3.8, 4) is 0 Å². The van der Waals surface area contributed by atoms with Gasteiger partial charge in [0.05, 0.1) is 18.1 Å². The Morgan fingerprint density at radius 3 is 2.48 bits per heavy atom. The van der Waals surface area contributed by atoms with Gasteiger partial charge in [0.25, 0.3) is 5.91 Å². The predicted molar refractivity (Wildman–Crippen MR) is 87.8 cm³/mol. The molecule has 1 atom stereocenters. The molecule has 1 aliphatic heterocycles. The van der Waals surface area contributed by atoms with E-state index in [9.17, 15) is 13.2 Å². The highest BCUT2D eigenvalue weighted by atomic mass is 32.2. The van der Waals surface area contributed by atoms with Gasteiger partial charge in [-0.05, 0) is 31.0 Å². The van der Waals surface area contributed by atoms with Gasteiger partial charge in [0.15, 0.2) is 0 Å². The fourth-order valence-corrected chi connectivity index (χ4v) is 3.64. The molecule has 1 fully saturated rings. The number of carbonyl (C=O) groups is 1. The second-order valence-electron chi connectivity index (χ2n) is 6.05. The van der Waals surface area contributed by atoms with Crippen LogP contribution in [0.4, 0.5) is 0 Å². The van der Waals surface area contributed by atoms with Crippen molar-refractivity contribution in [1.29, 1.82) is 0 Å². The topological polar surface area (TPSA) is 75.7 Å². The lowest BCUT2D eigenvalue weighted by Crippen LogP contribution is -2.40. The summed E-state index contributed by atoms with van der Waals surface area (Å²) in [7, 11) is -3.59. The second kappa shape index (κ2) is 7.42. The van der Waals surface area contributed by atoms with Gasteiger partial charge in [-0.2, -0.15) is 4.31 Å². The Kier molecular flexibility index (Phi) is 5.78. The van der Waals surface area contributed by atoms with Crippen LogP contribution in [-0.2, 0) is 14.8 Å². The van der Waals surface area contributed by atoms with Gasteiger partial charge in [-0.25, -0.2) is 8.42 Å². The first-order chi connectivity index (χ1) is 10.8. The Morgan fingerprint density at radius 1 is 1.22 bits per heavy atom. The zero-order valence-electron chi connectivity index (χ0n) is 13.8. The first kappa shape index (κ1) is 17.9. The fraction of sp³-hybridized carbons (Fsp3) is 0.562. The van der Waals surface area contributed by atoms with Gasteiger partial charge in [0.2, 0.25) is 10.0 Å². The number of nitrogens with zero attached hydrogens (tertiary/aromatic N) is 1. The number of nitrogens with one attached hydrogen (secondary N) is 1. The second-order valence-corrected chi connectivity index (χ2v) is 7.99. The van der Waals surface area contributed by atoms with Crippen LogP contribution in [0.25, 0.3) is 0 Å². The summed E-state index contributed by atoms with van der Waals surface area (Å²) >= 11 is 0. The number of rotatable bonds is 5. The summed E-state index contributed by atoms with van der Waals surface area (Å²) in [5.74, 6) is 0.0458. The third-order valence-corrected chi connectivity index (χ3v) is 5.96. The van der Waals surface area contributed by atoms with Crippen LogP contribution >= 0.6 is 0 Å². The van der Waals surface area contributed by atoms with Crippen molar-refractivity contribution in [3.63, 3.8) is 0 Å². The Hall–Kier alpha value is -1.44. The number of ether oxygens (including phenoxy) is 1. The molecular formula is C16H24N2O4S. The summed E-state index contributed by atoms with van der Waals surface area (Å²) in [6.07, 6.45) is 0. The highest BCUT2D eigenvalue weighted by Crippen LogP contribution is 2.18. The Bertz CT molecular complexity index is 652. The molecule has 1 aliphatic rings. The molecular weight excluding hydrogens is 316 g/mol. The van der Waals surface area contributed by atoms with Gasteiger partial charge in [0, 0.05) is 24.7 Å². The van der Waals surface area contributed by atoms with Crippen molar-refractivity contribution in [3.05, 3.63) is 29.8 Å². The molecule has 128 valence electrons. The summed E-state index contributed by atoms with van der Waals surface area (Å²) in [5.41, 5.74) is 0.354. The molecule has 7 heteroatoms. The average Bonchev–Trinajstić information content (AvgIpc) is 2.55. The highest BCUT2D eigenvalue weighted by Gasteiger charge is 2.27. The summed E-state index contributed by atoms with van der Waals surface area (Å²) in [6.45, 7) is 7.42. The van der Waals surface area contributed by atoms with Crippen molar-refractivity contribution < 1.29 is 17.9 Å². The minimum Gasteiger partial charge on any atom is -0.379 e. The lowest BCUT2D eigenvalue weighted by atomic mass is 10.1. The number of hydrogen-bond donors (Lipinski definition) is 1. The zero-order chi connectivity index (χ0) is 17.0. The van der Waals surface area contributed by atoms with E-state index >= 15 is 0 Å². The third-order valence-electron chi connectivity index (χ3n) is 4.06. The maximum Gasteiger partial charge on any atom is 0.251 e. The molecule has 0 radical (unpaired) electrons. The summed E-state index contributed by atoms with van der Waals surface area (Å²) in [5, 5.41) is 2.89. The first-order valence-electron chi connectivity index (χ1n) is 7.81. The van der Waals surface area contributed by atoms with Crippen LogP contribution in [0.5, 0.6) is 0 Å². The number of morpholine rings is 1. The standard InChI is InChI=1S/C16H24N2O4S/c1-12(2)13(3)17-16(19)14-5-4-6-15(11-14)23(20,21)18-7-9-22-10-8-18/h4-6,11-13H,7-10H2,1-3H3,(H,17,19)/t13-/m0/s1. The van der Waals surface area contributed by atoms with E-state index in [4.69, 9.17) is 4.74 Å². The summed E-state index contributed by atoms with van der Waals surface area (Å²) < 4.78 is 31.8. The van der Waals surface area contributed by atoms with Gasteiger partial charge in [-0.3, -0.25) is 4.79 Å². The van der Waals surface area contributed by atoms with Crippen LogP contribution in [-0.4, -0.2) is 51.0 Å². The number of hydrogen-bond acceptors (Lipinski definition) is 4. The zero-order valence-corrected chi connectivity index (χ0v) is 14.6. The third kappa shape index (κ3) is 4.31. The lowest BCUT2D eigenvalue weighted by Gasteiger charge is -2.26. The molecule has 1 saturated heterocycles. The minimum atomic E-state index is -3.59. The number of carbonyl (C=O) groups excluding carboxylic acids is 1. The Balaban J connectivity index is 2.20. The van der Waals surface area contributed by atoms with Gasteiger partial charge in [-0.1, -0.05) is 19.9 Å². The van der Waals surface area contributed by atoms with Crippen LogP contribution in [0.15, 0.2) is 29.2 Å². The van der Waals surface area contributed by atoms with E-state index in [1.165, 1.54) is 16.4 Å². The van der Waals surface area contributed by atoms with E-state index in [1.807, 2.05) is 20.8 Å². The molecule has 0 spiro atoms. The molecule has 1 aromatic rings. The van der Waals surface area contributed by atoms with E-state index in [2.05, 4.69) is 5.32 Å². The van der Waals surface area contributed by atoms with Crippen molar-refractivity contribution in [2.24, 2.45) is 5.92 Å². The van der Waals surface area contributed by atoms with Gasteiger partial charge in [-0.15, -0.1) is 0 Å². The molecule has 0 aromatic heterocycles. The number of amides is 1. The Labute approximate surface area is 137 Å². The van der Waals surface area contributed by atoms with E-state index in [0.717, 1.165) is 0 Å². The van der Waals surface area contributed by atoms with E-state index in [0.29, 0.717) is 37.8 Å². The number of benzene rings is 1. The monoisotopic (exact) mass is 340 g/mol. The van der Waals surface area contributed by atoms with Crippen molar-refractivity contribution in [2.45, 2.75) is 31.7 Å². The highest BCUT2D eigenvalue weighted by molar-refractivity contribution is 7.89. The summed E-state index contributed by atoms with van der Waals surface area (Å²) in [4.78, 5) is 12.4. The maximum absolute atomic E-state index is 12.6.